The molecule has 2 heterocycles. The van der Waals surface area contributed by atoms with Gasteiger partial charge in [0.2, 0.25) is 0 Å². The van der Waals surface area contributed by atoms with Crippen molar-refractivity contribution in [1.29, 1.82) is 0 Å². The van der Waals surface area contributed by atoms with Crippen LogP contribution < -0.4 is 0 Å². The summed E-state index contributed by atoms with van der Waals surface area (Å²) < 4.78 is 4.68. The third-order valence-corrected chi connectivity index (χ3v) is 8.72. The van der Waals surface area contributed by atoms with Gasteiger partial charge in [0.05, 0.1) is 16.6 Å². The zero-order valence-corrected chi connectivity index (χ0v) is 24.2. The molecule has 0 aliphatic carbocycles. The molecule has 0 unspecified atom stereocenters. The van der Waals surface area contributed by atoms with Crippen LogP contribution in [0.2, 0.25) is 0 Å². The second kappa shape index (κ2) is 9.22. The Morgan fingerprint density at radius 1 is 0.476 bits per heavy atom. The first-order valence-corrected chi connectivity index (χ1v) is 14.7. The summed E-state index contributed by atoms with van der Waals surface area (Å²) in [4.78, 5) is 0. The molecule has 0 radical (unpaired) electrons. The molecular weight excluding hydrogens is 508 g/mol. The van der Waals surface area contributed by atoms with Crippen LogP contribution in [-0.2, 0) is 5.41 Å². The summed E-state index contributed by atoms with van der Waals surface area (Å²) in [6.45, 7) is 6.80. The molecule has 0 aliphatic heterocycles. The monoisotopic (exact) mass is 540 g/mol. The van der Waals surface area contributed by atoms with Gasteiger partial charge in [0.1, 0.15) is 0 Å². The number of aromatic nitrogens is 2. The van der Waals surface area contributed by atoms with E-state index in [4.69, 9.17) is 0 Å². The van der Waals surface area contributed by atoms with E-state index in [1.165, 1.54) is 71.5 Å². The lowest BCUT2D eigenvalue weighted by Gasteiger charge is -2.19. The minimum absolute atomic E-state index is 0.119. The summed E-state index contributed by atoms with van der Waals surface area (Å²) in [7, 11) is 0. The summed E-state index contributed by atoms with van der Waals surface area (Å²) >= 11 is 0. The van der Waals surface area contributed by atoms with Crippen LogP contribution in [0.4, 0.5) is 0 Å². The summed E-state index contributed by atoms with van der Waals surface area (Å²) in [6.07, 6.45) is 2.15. The standard InChI is InChI=1S/C40H32N2/c1-40(2,3)31-16-20-33(21-17-31)42-37-22-15-30(26-35(37)39-34-10-6-4-8-28(34)14-23-38(39)42)27-12-18-32(19-13-27)41-25-24-29-9-5-7-11-36(29)41/h4-26H,1-3H3. The Balaban J connectivity index is 1.30. The normalized spacial score (nSPS) is 12.2. The second-order valence-corrected chi connectivity index (χ2v) is 12.3. The highest BCUT2D eigenvalue weighted by molar-refractivity contribution is 6.21. The van der Waals surface area contributed by atoms with Crippen LogP contribution in [0.15, 0.2) is 140 Å². The average molecular weight is 541 g/mol. The first-order valence-electron chi connectivity index (χ1n) is 14.7. The highest BCUT2D eigenvalue weighted by Crippen LogP contribution is 2.39. The topological polar surface area (TPSA) is 9.86 Å². The Hall–Kier alpha value is -5.08. The zero-order valence-electron chi connectivity index (χ0n) is 24.2. The van der Waals surface area contributed by atoms with Crippen LogP contribution in [0.25, 0.3) is 66.0 Å². The lowest BCUT2D eigenvalue weighted by molar-refractivity contribution is 0.590. The fraction of sp³-hybridized carbons (Fsp3) is 0.100. The Morgan fingerprint density at radius 3 is 1.93 bits per heavy atom. The lowest BCUT2D eigenvalue weighted by atomic mass is 9.87. The SMILES string of the molecule is CC(C)(C)c1ccc(-n2c3ccc(-c4ccc(-n5ccc6ccccc65)cc4)cc3c3c4ccccc4ccc32)cc1. The van der Waals surface area contributed by atoms with Crippen LogP contribution >= 0.6 is 0 Å². The molecule has 0 spiro atoms. The van der Waals surface area contributed by atoms with E-state index in [-0.39, 0.29) is 5.41 Å². The van der Waals surface area contributed by atoms with Gasteiger partial charge in [0.15, 0.2) is 0 Å². The van der Waals surface area contributed by atoms with E-state index >= 15 is 0 Å². The van der Waals surface area contributed by atoms with E-state index < -0.39 is 0 Å². The number of hydrogen-bond donors (Lipinski definition) is 0. The van der Waals surface area contributed by atoms with Gasteiger partial charge >= 0.3 is 0 Å². The molecule has 2 aromatic heterocycles. The summed E-state index contributed by atoms with van der Waals surface area (Å²) in [5.74, 6) is 0. The van der Waals surface area contributed by atoms with Crippen molar-refractivity contribution >= 4 is 43.5 Å². The van der Waals surface area contributed by atoms with Gasteiger partial charge in [-0.25, -0.2) is 0 Å². The van der Waals surface area contributed by atoms with Crippen LogP contribution in [0, 0.1) is 0 Å². The van der Waals surface area contributed by atoms with E-state index in [2.05, 4.69) is 170 Å². The van der Waals surface area contributed by atoms with Crippen LogP contribution in [0.1, 0.15) is 26.3 Å². The number of para-hydroxylation sites is 1. The molecular formula is C40H32N2. The number of rotatable bonds is 3. The van der Waals surface area contributed by atoms with E-state index in [1.807, 2.05) is 0 Å². The average Bonchev–Trinajstić information content (AvgIpc) is 3.60. The highest BCUT2D eigenvalue weighted by atomic mass is 15.0. The van der Waals surface area contributed by atoms with E-state index in [1.54, 1.807) is 0 Å². The predicted molar refractivity (Wildman–Crippen MR) is 179 cm³/mol. The molecule has 42 heavy (non-hydrogen) atoms. The zero-order chi connectivity index (χ0) is 28.4. The minimum atomic E-state index is 0.119. The van der Waals surface area contributed by atoms with Crippen LogP contribution in [0.5, 0.6) is 0 Å². The quantitative estimate of drug-likeness (QED) is 0.211. The van der Waals surface area contributed by atoms with Gasteiger partial charge in [-0.3, -0.25) is 0 Å². The fourth-order valence-electron chi connectivity index (χ4n) is 6.48. The Kier molecular flexibility index (Phi) is 5.42. The van der Waals surface area contributed by atoms with E-state index in [0.29, 0.717) is 0 Å². The van der Waals surface area contributed by atoms with Gasteiger partial charge in [-0.15, -0.1) is 0 Å². The number of fused-ring (bicyclic) bond motifs is 6. The molecule has 8 rings (SSSR count). The molecule has 6 aromatic carbocycles. The van der Waals surface area contributed by atoms with Crippen molar-refractivity contribution in [3.8, 4) is 22.5 Å². The van der Waals surface area contributed by atoms with Gasteiger partial charge in [-0.05, 0) is 92.9 Å². The number of hydrogen-bond acceptors (Lipinski definition) is 0. The van der Waals surface area contributed by atoms with Crippen LogP contribution in [-0.4, -0.2) is 9.13 Å². The third-order valence-electron chi connectivity index (χ3n) is 8.72. The van der Waals surface area contributed by atoms with Crippen molar-refractivity contribution < 1.29 is 0 Å². The second-order valence-electron chi connectivity index (χ2n) is 12.3. The first-order chi connectivity index (χ1) is 20.5. The highest BCUT2D eigenvalue weighted by Gasteiger charge is 2.18. The Bertz CT molecular complexity index is 2250. The minimum Gasteiger partial charge on any atom is -0.317 e. The molecule has 8 aromatic rings. The molecule has 0 atom stereocenters. The maximum atomic E-state index is 2.42. The molecule has 0 N–H and O–H groups in total. The summed E-state index contributed by atoms with van der Waals surface area (Å²) in [5, 5.41) is 6.39. The molecule has 0 aliphatic rings. The molecule has 0 saturated heterocycles. The van der Waals surface area contributed by atoms with Crippen molar-refractivity contribution in [2.45, 2.75) is 26.2 Å². The van der Waals surface area contributed by atoms with Gasteiger partial charge < -0.3 is 9.13 Å². The number of benzene rings is 6. The van der Waals surface area contributed by atoms with Crippen molar-refractivity contribution in [1.82, 2.24) is 9.13 Å². The van der Waals surface area contributed by atoms with Crippen molar-refractivity contribution in [2.75, 3.05) is 0 Å². The Morgan fingerprint density at radius 2 is 1.14 bits per heavy atom. The summed E-state index contributed by atoms with van der Waals surface area (Å²) in [5.41, 5.74) is 9.95. The van der Waals surface area contributed by atoms with Gasteiger partial charge in [-0.2, -0.15) is 0 Å². The first kappa shape index (κ1) is 24.7. The molecule has 2 nitrogen and oxygen atoms in total. The number of nitrogens with zero attached hydrogens (tertiary/aromatic N) is 2. The van der Waals surface area contributed by atoms with Crippen molar-refractivity contribution in [3.05, 3.63) is 145 Å². The fourth-order valence-corrected chi connectivity index (χ4v) is 6.48. The van der Waals surface area contributed by atoms with Crippen molar-refractivity contribution in [2.24, 2.45) is 0 Å². The molecule has 0 amide bonds. The maximum absolute atomic E-state index is 2.42. The van der Waals surface area contributed by atoms with Crippen molar-refractivity contribution in [3.63, 3.8) is 0 Å². The van der Waals surface area contributed by atoms with Gasteiger partial charge in [0.25, 0.3) is 0 Å². The Labute approximate surface area is 246 Å². The van der Waals surface area contributed by atoms with Crippen LogP contribution in [0.3, 0.4) is 0 Å². The van der Waals surface area contributed by atoms with Gasteiger partial charge in [-0.1, -0.05) is 99.6 Å². The molecule has 202 valence electrons. The predicted octanol–water partition coefficient (Wildman–Crippen LogP) is 10.8. The molecule has 0 fully saturated rings. The van der Waals surface area contributed by atoms with E-state index in [0.717, 1.165) is 0 Å². The largest absolute Gasteiger partial charge is 0.317 e. The van der Waals surface area contributed by atoms with E-state index in [9.17, 15) is 0 Å². The maximum Gasteiger partial charge on any atom is 0.0547 e. The molecule has 2 heteroatoms. The third kappa shape index (κ3) is 3.87. The van der Waals surface area contributed by atoms with Gasteiger partial charge in [0, 0.05) is 28.3 Å². The lowest BCUT2D eigenvalue weighted by Crippen LogP contribution is -2.10. The summed E-state index contributed by atoms with van der Waals surface area (Å²) in [6, 6.07) is 48.9. The smallest absolute Gasteiger partial charge is 0.0547 e. The molecule has 0 saturated carbocycles. The molecule has 0 bridgehead atoms.